The Labute approximate surface area is 92.0 Å². The number of likely N-dealkylation sites (N-methyl/N-ethyl adjacent to an activating group) is 1. The van der Waals surface area contributed by atoms with Gasteiger partial charge in [0.2, 0.25) is 0 Å². The van der Waals surface area contributed by atoms with Crippen LogP contribution in [0.1, 0.15) is 10.4 Å². The lowest BCUT2D eigenvalue weighted by atomic mass is 10.1. The minimum atomic E-state index is -0.657. The fourth-order valence-electron chi connectivity index (χ4n) is 1.75. The van der Waals surface area contributed by atoms with Gasteiger partial charge in [-0.2, -0.15) is 0 Å². The first-order valence-electron chi connectivity index (χ1n) is 4.96. The zero-order valence-corrected chi connectivity index (χ0v) is 8.79. The van der Waals surface area contributed by atoms with E-state index in [9.17, 15) is 14.0 Å². The van der Waals surface area contributed by atoms with Crippen molar-refractivity contribution in [1.82, 2.24) is 5.32 Å². The summed E-state index contributed by atoms with van der Waals surface area (Å²) in [5.41, 5.74) is 0.258. The van der Waals surface area contributed by atoms with Crippen LogP contribution in [0, 0.1) is 5.82 Å². The summed E-state index contributed by atoms with van der Waals surface area (Å²) in [5, 5.41) is 2.85. The summed E-state index contributed by atoms with van der Waals surface area (Å²) in [6.07, 6.45) is 0. The van der Waals surface area contributed by atoms with E-state index in [1.165, 1.54) is 23.1 Å². The number of fused-ring (bicyclic) bond motifs is 1. The van der Waals surface area contributed by atoms with E-state index in [1.54, 1.807) is 7.05 Å². The molecule has 5 heteroatoms. The number of hydrogen-bond acceptors (Lipinski definition) is 3. The number of benzene rings is 1. The van der Waals surface area contributed by atoms with Crippen molar-refractivity contribution in [3.05, 3.63) is 29.6 Å². The first kappa shape index (κ1) is 10.8. The Morgan fingerprint density at radius 1 is 1.38 bits per heavy atom. The molecule has 0 bridgehead atoms. The maximum atomic E-state index is 13.5. The predicted octanol–water partition coefficient (Wildman–Crippen LogP) is 0.574. The predicted molar refractivity (Wildman–Crippen MR) is 57.0 cm³/mol. The molecule has 84 valence electrons. The van der Waals surface area contributed by atoms with E-state index in [2.05, 4.69) is 5.32 Å². The molecule has 4 nitrogen and oxygen atoms in total. The summed E-state index contributed by atoms with van der Waals surface area (Å²) in [6.45, 7) is 0.793. The van der Waals surface area contributed by atoms with E-state index < -0.39 is 17.5 Å². The van der Waals surface area contributed by atoms with E-state index in [0.29, 0.717) is 6.54 Å². The van der Waals surface area contributed by atoms with E-state index >= 15 is 0 Å². The Kier molecular flexibility index (Phi) is 2.70. The van der Waals surface area contributed by atoms with Gasteiger partial charge in [0.1, 0.15) is 5.82 Å². The third-order valence-electron chi connectivity index (χ3n) is 2.53. The highest BCUT2D eigenvalue weighted by Crippen LogP contribution is 2.30. The molecule has 1 N–H and O–H groups in total. The highest BCUT2D eigenvalue weighted by atomic mass is 19.1. The fourth-order valence-corrected chi connectivity index (χ4v) is 1.75. The molecule has 1 aliphatic heterocycles. The van der Waals surface area contributed by atoms with Gasteiger partial charge in [0.05, 0.1) is 11.3 Å². The van der Waals surface area contributed by atoms with Gasteiger partial charge in [-0.1, -0.05) is 6.07 Å². The van der Waals surface area contributed by atoms with E-state index in [-0.39, 0.29) is 17.8 Å². The minimum Gasteiger partial charge on any atom is -0.318 e. The van der Waals surface area contributed by atoms with Gasteiger partial charge in [-0.3, -0.25) is 9.59 Å². The SMILES string of the molecule is CNCCN1C(=O)C(=O)c2cccc(F)c21. The van der Waals surface area contributed by atoms with Gasteiger partial charge >= 0.3 is 0 Å². The smallest absolute Gasteiger partial charge is 0.299 e. The zero-order chi connectivity index (χ0) is 11.7. The fraction of sp³-hybridized carbons (Fsp3) is 0.273. The average molecular weight is 222 g/mol. The second-order valence-electron chi connectivity index (χ2n) is 3.53. The van der Waals surface area contributed by atoms with Crippen LogP contribution < -0.4 is 10.2 Å². The number of amides is 1. The topological polar surface area (TPSA) is 49.4 Å². The van der Waals surface area contributed by atoms with Gasteiger partial charge in [-0.05, 0) is 19.2 Å². The minimum absolute atomic E-state index is 0.104. The Bertz CT molecular complexity index is 459. The Balaban J connectivity index is 2.43. The lowest BCUT2D eigenvalue weighted by Gasteiger charge is -2.16. The number of nitrogens with zero attached hydrogens (tertiary/aromatic N) is 1. The molecule has 0 atom stereocenters. The normalized spacial score (nSPS) is 14.5. The van der Waals surface area contributed by atoms with Gasteiger partial charge in [-0.15, -0.1) is 0 Å². The molecule has 1 aliphatic rings. The standard InChI is InChI=1S/C11H11FN2O2/c1-13-5-6-14-9-7(10(15)11(14)16)3-2-4-8(9)12/h2-4,13H,5-6H2,1H3. The summed E-state index contributed by atoms with van der Waals surface area (Å²) < 4.78 is 13.5. The van der Waals surface area contributed by atoms with Gasteiger partial charge in [0.25, 0.3) is 11.7 Å². The molecule has 0 aliphatic carbocycles. The zero-order valence-electron chi connectivity index (χ0n) is 8.79. The molecule has 2 rings (SSSR count). The molecule has 0 saturated carbocycles. The molecule has 1 heterocycles. The van der Waals surface area contributed by atoms with Crippen LogP contribution in [0.5, 0.6) is 0 Å². The number of carbonyl (C=O) groups excluding carboxylic acids is 2. The van der Waals surface area contributed by atoms with Crippen LogP contribution in [0.15, 0.2) is 18.2 Å². The van der Waals surface area contributed by atoms with Crippen molar-refractivity contribution in [3.63, 3.8) is 0 Å². The molecular formula is C11H11FN2O2. The molecule has 1 amide bonds. The monoisotopic (exact) mass is 222 g/mol. The molecule has 0 saturated heterocycles. The summed E-state index contributed by atoms with van der Waals surface area (Å²) in [4.78, 5) is 24.3. The number of rotatable bonds is 3. The number of para-hydroxylation sites is 1. The van der Waals surface area contributed by atoms with E-state index in [1.807, 2.05) is 0 Å². The van der Waals surface area contributed by atoms with Crippen LogP contribution >= 0.6 is 0 Å². The molecule has 16 heavy (non-hydrogen) atoms. The number of nitrogens with one attached hydrogen (secondary N) is 1. The van der Waals surface area contributed by atoms with Crippen LogP contribution in [0.25, 0.3) is 0 Å². The molecule has 0 radical (unpaired) electrons. The van der Waals surface area contributed by atoms with Crippen molar-refractivity contribution in [2.75, 3.05) is 25.0 Å². The molecular weight excluding hydrogens is 211 g/mol. The molecule has 0 spiro atoms. The van der Waals surface area contributed by atoms with Crippen molar-refractivity contribution < 1.29 is 14.0 Å². The summed E-state index contributed by atoms with van der Waals surface area (Å²) in [5.74, 6) is -1.83. The molecule has 0 fully saturated rings. The van der Waals surface area contributed by atoms with Gasteiger partial charge in [-0.25, -0.2) is 4.39 Å². The van der Waals surface area contributed by atoms with E-state index in [0.717, 1.165) is 0 Å². The lowest BCUT2D eigenvalue weighted by molar-refractivity contribution is -0.114. The largest absolute Gasteiger partial charge is 0.318 e. The van der Waals surface area contributed by atoms with Crippen LogP contribution in [-0.2, 0) is 4.79 Å². The summed E-state index contributed by atoms with van der Waals surface area (Å²) in [6, 6.07) is 4.15. The van der Waals surface area contributed by atoms with Crippen molar-refractivity contribution in [2.24, 2.45) is 0 Å². The maximum absolute atomic E-state index is 13.5. The molecule has 0 unspecified atom stereocenters. The van der Waals surface area contributed by atoms with E-state index in [4.69, 9.17) is 0 Å². The number of halogens is 1. The van der Waals surface area contributed by atoms with Crippen molar-refractivity contribution >= 4 is 17.4 Å². The second-order valence-corrected chi connectivity index (χ2v) is 3.53. The van der Waals surface area contributed by atoms with Crippen molar-refractivity contribution in [3.8, 4) is 0 Å². The second kappa shape index (κ2) is 4.02. The summed E-state index contributed by atoms with van der Waals surface area (Å²) >= 11 is 0. The number of Topliss-reactive ketones (excluding diaryl/α,β-unsaturated/α-hetero) is 1. The number of carbonyl (C=O) groups is 2. The quantitative estimate of drug-likeness (QED) is 0.761. The number of ketones is 1. The van der Waals surface area contributed by atoms with Crippen LogP contribution in [0.4, 0.5) is 10.1 Å². The van der Waals surface area contributed by atoms with Gasteiger partial charge in [0, 0.05) is 13.1 Å². The average Bonchev–Trinajstić information content (AvgIpc) is 2.52. The Hall–Kier alpha value is -1.75. The lowest BCUT2D eigenvalue weighted by Crippen LogP contribution is -2.35. The highest BCUT2D eigenvalue weighted by Gasteiger charge is 2.37. The first-order valence-corrected chi connectivity index (χ1v) is 4.96. The van der Waals surface area contributed by atoms with Crippen molar-refractivity contribution in [1.29, 1.82) is 0 Å². The maximum Gasteiger partial charge on any atom is 0.299 e. The third-order valence-corrected chi connectivity index (χ3v) is 2.53. The molecule has 0 aromatic heterocycles. The Morgan fingerprint density at radius 2 is 2.12 bits per heavy atom. The number of hydrogen-bond donors (Lipinski definition) is 1. The number of anilines is 1. The first-order chi connectivity index (χ1) is 7.66. The van der Waals surface area contributed by atoms with Crippen LogP contribution in [0.3, 0.4) is 0 Å². The van der Waals surface area contributed by atoms with Crippen molar-refractivity contribution in [2.45, 2.75) is 0 Å². The molecule has 1 aromatic carbocycles. The third kappa shape index (κ3) is 1.49. The van der Waals surface area contributed by atoms with Crippen LogP contribution in [0.2, 0.25) is 0 Å². The van der Waals surface area contributed by atoms with Gasteiger partial charge < -0.3 is 10.2 Å². The van der Waals surface area contributed by atoms with Gasteiger partial charge in [0.15, 0.2) is 0 Å². The molecule has 1 aromatic rings. The Morgan fingerprint density at radius 3 is 2.81 bits per heavy atom. The van der Waals surface area contributed by atoms with Crippen LogP contribution in [-0.4, -0.2) is 31.8 Å². The highest BCUT2D eigenvalue weighted by molar-refractivity contribution is 6.52. The summed E-state index contributed by atoms with van der Waals surface area (Å²) in [7, 11) is 1.73.